The number of hydrogen-bond acceptors (Lipinski definition) is 6. The molecule has 216 valence electrons. The van der Waals surface area contributed by atoms with Crippen molar-refractivity contribution in [2.75, 3.05) is 56.5 Å². The molecule has 2 fully saturated rings. The minimum absolute atomic E-state index is 0. The van der Waals surface area contributed by atoms with Crippen molar-refractivity contribution in [1.29, 1.82) is 0 Å². The number of fused-ring (bicyclic) bond motifs is 1. The molecular weight excluding hydrogens is 561 g/mol. The number of halogens is 2. The van der Waals surface area contributed by atoms with Crippen molar-refractivity contribution in [3.63, 3.8) is 0 Å². The van der Waals surface area contributed by atoms with Gasteiger partial charge < -0.3 is 20.0 Å². The van der Waals surface area contributed by atoms with Gasteiger partial charge in [0.15, 0.2) is 0 Å². The van der Waals surface area contributed by atoms with Gasteiger partial charge in [-0.2, -0.15) is 5.10 Å². The maximum Gasteiger partial charge on any atom is 0.272 e. The number of aromatic nitrogens is 3. The molecule has 41 heavy (non-hydrogen) atoms. The minimum Gasteiger partial charge on any atom is -0.369 e. The van der Waals surface area contributed by atoms with E-state index in [-0.39, 0.29) is 42.5 Å². The third-order valence-corrected chi connectivity index (χ3v) is 7.81. The summed E-state index contributed by atoms with van der Waals surface area (Å²) in [7, 11) is 2.13. The first-order valence-electron chi connectivity index (χ1n) is 13.6. The van der Waals surface area contributed by atoms with Crippen LogP contribution in [0.3, 0.4) is 0 Å². The Labute approximate surface area is 252 Å². The van der Waals surface area contributed by atoms with E-state index in [2.05, 4.69) is 43.4 Å². The number of nitrogens with zero attached hydrogens (tertiary/aromatic N) is 5. The van der Waals surface area contributed by atoms with Crippen LogP contribution in [0.2, 0.25) is 0 Å². The Morgan fingerprint density at radius 3 is 2.59 bits per heavy atom. The van der Waals surface area contributed by atoms with Crippen molar-refractivity contribution in [3.8, 4) is 11.1 Å². The first kappa shape index (κ1) is 30.3. The SMILES string of the molecule is CN1CCN(c2ccnc(C(=O)N3CCC[C@H](C(=O)Nc4cccc(-c5ccc6[nH]ncc6c5)c4)C3)c2)CC1.Cl.Cl. The fourth-order valence-corrected chi connectivity index (χ4v) is 5.48. The number of benzene rings is 2. The molecule has 6 rings (SSSR count). The second-order valence-electron chi connectivity index (χ2n) is 10.5. The standard InChI is InChI=1S/C30H33N7O2.2ClH/c1-35-12-14-36(15-13-35)26-9-10-31-28(18-26)30(39)37-11-3-5-23(20-37)29(38)33-25-6-2-4-21(17-25)22-7-8-27-24(16-22)19-32-34-27;;/h2,4,6-10,16-19,23H,3,5,11-15,20H2,1H3,(H,32,34)(H,33,38);2*1H/t23-;;/m0../s1. The maximum atomic E-state index is 13.4. The molecule has 2 aliphatic heterocycles. The number of H-pyrrole nitrogens is 1. The molecule has 2 aliphatic rings. The fraction of sp³-hybridized carbons (Fsp3) is 0.333. The van der Waals surface area contributed by atoms with Crippen LogP contribution in [0.15, 0.2) is 67.0 Å². The summed E-state index contributed by atoms with van der Waals surface area (Å²) in [6.45, 7) is 4.88. The Balaban J connectivity index is 0.00000194. The van der Waals surface area contributed by atoms with Crippen molar-refractivity contribution in [3.05, 3.63) is 72.7 Å². The van der Waals surface area contributed by atoms with Crippen LogP contribution in [0, 0.1) is 5.92 Å². The quantitative estimate of drug-likeness (QED) is 0.347. The van der Waals surface area contributed by atoms with Crippen molar-refractivity contribution in [2.45, 2.75) is 12.8 Å². The first-order chi connectivity index (χ1) is 19.0. The van der Waals surface area contributed by atoms with Crippen molar-refractivity contribution >= 4 is 58.9 Å². The number of nitrogens with one attached hydrogen (secondary N) is 2. The molecule has 11 heteroatoms. The lowest BCUT2D eigenvalue weighted by molar-refractivity contribution is -0.121. The van der Waals surface area contributed by atoms with Crippen LogP contribution >= 0.6 is 24.8 Å². The van der Waals surface area contributed by atoms with Crippen LogP contribution in [-0.2, 0) is 4.79 Å². The summed E-state index contributed by atoms with van der Waals surface area (Å²) in [5.41, 5.74) is 5.27. The molecule has 0 radical (unpaired) electrons. The zero-order chi connectivity index (χ0) is 26.8. The average Bonchev–Trinajstić information content (AvgIpc) is 3.46. The van der Waals surface area contributed by atoms with Gasteiger partial charge in [-0.25, -0.2) is 0 Å². The predicted molar refractivity (Wildman–Crippen MR) is 167 cm³/mol. The lowest BCUT2D eigenvalue weighted by Gasteiger charge is -2.34. The summed E-state index contributed by atoms with van der Waals surface area (Å²) in [6.07, 6.45) is 5.05. The van der Waals surface area contributed by atoms with E-state index < -0.39 is 0 Å². The second-order valence-corrected chi connectivity index (χ2v) is 10.5. The number of rotatable bonds is 5. The number of pyridine rings is 1. The largest absolute Gasteiger partial charge is 0.369 e. The Bertz CT molecular complexity index is 1500. The summed E-state index contributed by atoms with van der Waals surface area (Å²) in [5, 5.41) is 11.2. The molecule has 0 aliphatic carbocycles. The highest BCUT2D eigenvalue weighted by Gasteiger charge is 2.30. The minimum atomic E-state index is -0.269. The van der Waals surface area contributed by atoms with E-state index in [0.29, 0.717) is 18.8 Å². The Hall–Kier alpha value is -3.66. The van der Waals surface area contributed by atoms with Gasteiger partial charge in [0.05, 0.1) is 17.6 Å². The molecule has 0 saturated carbocycles. The molecule has 2 amide bonds. The Morgan fingerprint density at radius 2 is 1.76 bits per heavy atom. The van der Waals surface area contributed by atoms with Crippen LogP contribution in [0.4, 0.5) is 11.4 Å². The number of piperidine rings is 1. The zero-order valence-electron chi connectivity index (χ0n) is 23.0. The lowest BCUT2D eigenvalue weighted by atomic mass is 9.96. The van der Waals surface area contributed by atoms with E-state index in [4.69, 9.17) is 0 Å². The molecule has 9 nitrogen and oxygen atoms in total. The van der Waals surface area contributed by atoms with Crippen molar-refractivity contribution < 1.29 is 9.59 Å². The first-order valence-corrected chi connectivity index (χ1v) is 13.6. The highest BCUT2D eigenvalue weighted by molar-refractivity contribution is 5.96. The number of aromatic amines is 1. The molecule has 2 N–H and O–H groups in total. The fourth-order valence-electron chi connectivity index (χ4n) is 5.48. The molecule has 2 aromatic carbocycles. The number of hydrogen-bond donors (Lipinski definition) is 2. The van der Waals surface area contributed by atoms with Gasteiger partial charge in [-0.05, 0) is 67.4 Å². The lowest BCUT2D eigenvalue weighted by Crippen LogP contribution is -2.45. The van der Waals surface area contributed by atoms with Gasteiger partial charge in [0, 0.05) is 62.2 Å². The van der Waals surface area contributed by atoms with Crippen molar-refractivity contribution in [2.24, 2.45) is 5.92 Å². The van der Waals surface area contributed by atoms with Gasteiger partial charge >= 0.3 is 0 Å². The van der Waals surface area contributed by atoms with Crippen LogP contribution in [-0.4, -0.2) is 83.1 Å². The van der Waals surface area contributed by atoms with E-state index in [1.165, 1.54) is 0 Å². The molecule has 4 aromatic rings. The number of carbonyl (C=O) groups is 2. The number of carbonyl (C=O) groups excluding carboxylic acids is 2. The molecule has 2 saturated heterocycles. The highest BCUT2D eigenvalue weighted by atomic mass is 35.5. The summed E-state index contributed by atoms with van der Waals surface area (Å²) in [5.74, 6) is -0.441. The van der Waals surface area contributed by atoms with Crippen LogP contribution in [0.1, 0.15) is 23.3 Å². The Morgan fingerprint density at radius 1 is 0.951 bits per heavy atom. The number of likely N-dealkylation sites (tertiary alicyclic amines) is 1. The molecule has 2 aromatic heterocycles. The molecule has 0 bridgehead atoms. The van der Waals surface area contributed by atoms with Gasteiger partial charge in [-0.1, -0.05) is 18.2 Å². The number of piperazine rings is 1. The summed E-state index contributed by atoms with van der Waals surface area (Å²) >= 11 is 0. The summed E-state index contributed by atoms with van der Waals surface area (Å²) in [6, 6.07) is 17.8. The van der Waals surface area contributed by atoms with Crippen molar-refractivity contribution in [1.82, 2.24) is 25.0 Å². The molecule has 0 spiro atoms. The van der Waals surface area contributed by atoms with E-state index in [0.717, 1.165) is 72.4 Å². The second kappa shape index (κ2) is 13.3. The molecule has 4 heterocycles. The topological polar surface area (TPSA) is 97.5 Å². The zero-order valence-corrected chi connectivity index (χ0v) is 24.6. The van der Waals surface area contributed by atoms with Gasteiger partial charge in [0.2, 0.25) is 5.91 Å². The number of amides is 2. The Kier molecular flexibility index (Phi) is 9.86. The highest BCUT2D eigenvalue weighted by Crippen LogP contribution is 2.27. The van der Waals surface area contributed by atoms with E-state index >= 15 is 0 Å². The monoisotopic (exact) mass is 595 g/mol. The number of anilines is 2. The van der Waals surface area contributed by atoms with E-state index in [1.54, 1.807) is 17.3 Å². The summed E-state index contributed by atoms with van der Waals surface area (Å²) in [4.78, 5) is 37.4. The van der Waals surface area contributed by atoms with Crippen LogP contribution in [0.5, 0.6) is 0 Å². The van der Waals surface area contributed by atoms with Gasteiger partial charge in [-0.15, -0.1) is 24.8 Å². The third-order valence-electron chi connectivity index (χ3n) is 7.81. The normalized spacial score (nSPS) is 17.4. The maximum absolute atomic E-state index is 13.4. The molecule has 0 unspecified atom stereocenters. The molecular formula is C30H35Cl2N7O2. The van der Waals surface area contributed by atoms with Gasteiger partial charge in [0.25, 0.3) is 5.91 Å². The predicted octanol–water partition coefficient (Wildman–Crippen LogP) is 4.71. The number of likely N-dealkylation sites (N-methyl/N-ethyl adjacent to an activating group) is 1. The average molecular weight is 597 g/mol. The van der Waals surface area contributed by atoms with Gasteiger partial charge in [-0.3, -0.25) is 19.7 Å². The van der Waals surface area contributed by atoms with E-state index in [9.17, 15) is 9.59 Å². The third kappa shape index (κ3) is 6.81. The smallest absolute Gasteiger partial charge is 0.272 e. The van der Waals surface area contributed by atoms with Crippen LogP contribution < -0.4 is 10.2 Å². The summed E-state index contributed by atoms with van der Waals surface area (Å²) < 4.78 is 0. The molecule has 1 atom stereocenters. The van der Waals surface area contributed by atoms with E-state index in [1.807, 2.05) is 48.5 Å². The van der Waals surface area contributed by atoms with Crippen LogP contribution in [0.25, 0.3) is 22.0 Å². The van der Waals surface area contributed by atoms with Gasteiger partial charge in [0.1, 0.15) is 5.69 Å².